The van der Waals surface area contributed by atoms with Crippen molar-refractivity contribution in [2.75, 3.05) is 18.8 Å². The van der Waals surface area contributed by atoms with Crippen molar-refractivity contribution in [2.24, 2.45) is 0 Å². The Balaban J connectivity index is 0.00000121. The number of halogens is 2. The second-order valence-corrected chi connectivity index (χ2v) is 7.27. The molecule has 1 amide bonds. The number of piperidine rings is 1. The van der Waals surface area contributed by atoms with Gasteiger partial charge in [-0.2, -0.15) is 0 Å². The summed E-state index contributed by atoms with van der Waals surface area (Å²) in [6, 6.07) is 15.5. The summed E-state index contributed by atoms with van der Waals surface area (Å²) in [7, 11) is 0. The number of amides is 1. The van der Waals surface area contributed by atoms with Crippen LogP contribution in [0.15, 0.2) is 48.5 Å². The summed E-state index contributed by atoms with van der Waals surface area (Å²) in [5, 5.41) is 1.20. The van der Waals surface area contributed by atoms with Crippen LogP contribution in [-0.4, -0.2) is 28.9 Å². The Kier molecular flexibility index (Phi) is 6.87. The smallest absolute Gasteiger partial charge is 0.253 e. The highest BCUT2D eigenvalue weighted by Crippen LogP contribution is 2.34. The molecular formula is C19H21Cl2N3OS. The summed E-state index contributed by atoms with van der Waals surface area (Å²) < 4.78 is 1.24. The number of thiazole rings is 1. The summed E-state index contributed by atoms with van der Waals surface area (Å²) >= 11 is 1.78. The Labute approximate surface area is 169 Å². The number of para-hydroxylation sites is 1. The largest absolute Gasteiger partial charge is 0.399 e. The van der Waals surface area contributed by atoms with E-state index in [1.807, 2.05) is 23.1 Å². The average molecular weight is 410 g/mol. The number of hydrogen-bond acceptors (Lipinski definition) is 4. The molecular weight excluding hydrogens is 389 g/mol. The predicted molar refractivity (Wildman–Crippen MR) is 113 cm³/mol. The maximum absolute atomic E-state index is 12.6. The van der Waals surface area contributed by atoms with Crippen molar-refractivity contribution < 1.29 is 4.79 Å². The van der Waals surface area contributed by atoms with Crippen LogP contribution in [0.5, 0.6) is 0 Å². The van der Waals surface area contributed by atoms with Crippen LogP contribution in [0.1, 0.15) is 34.1 Å². The lowest BCUT2D eigenvalue weighted by Gasteiger charge is -2.31. The third-order valence-corrected chi connectivity index (χ3v) is 5.77. The molecule has 1 aliphatic heterocycles. The molecule has 1 aromatic heterocycles. The molecule has 4 rings (SSSR count). The van der Waals surface area contributed by atoms with Gasteiger partial charge < -0.3 is 10.6 Å². The minimum atomic E-state index is 0. The Morgan fingerprint density at radius 1 is 1.08 bits per heavy atom. The standard InChI is InChI=1S/C19H19N3OS.2ClH/c20-15-5-3-4-14(12-15)19(23)22-10-8-13(9-11-22)18-21-16-6-1-2-7-17(16)24-18;;/h1-7,12-13H,8-11,20H2;2*1H. The first kappa shape index (κ1) is 20.5. The van der Waals surface area contributed by atoms with E-state index in [2.05, 4.69) is 18.2 Å². The molecule has 1 aliphatic rings. The zero-order valence-corrected chi connectivity index (χ0v) is 16.6. The number of nitrogens with zero attached hydrogens (tertiary/aromatic N) is 2. The van der Waals surface area contributed by atoms with E-state index >= 15 is 0 Å². The van der Waals surface area contributed by atoms with Gasteiger partial charge in [-0.3, -0.25) is 4.79 Å². The molecule has 0 bridgehead atoms. The molecule has 7 heteroatoms. The van der Waals surface area contributed by atoms with E-state index in [-0.39, 0.29) is 30.7 Å². The fraction of sp³-hybridized carbons (Fsp3) is 0.263. The first-order chi connectivity index (χ1) is 11.7. The van der Waals surface area contributed by atoms with Gasteiger partial charge in [0.15, 0.2) is 0 Å². The highest BCUT2D eigenvalue weighted by Gasteiger charge is 2.26. The zero-order chi connectivity index (χ0) is 16.5. The molecule has 2 heterocycles. The monoisotopic (exact) mass is 409 g/mol. The van der Waals surface area contributed by atoms with Gasteiger partial charge in [-0.05, 0) is 43.2 Å². The van der Waals surface area contributed by atoms with E-state index in [1.54, 1.807) is 23.5 Å². The molecule has 2 N–H and O–H groups in total. The van der Waals surface area contributed by atoms with Crippen LogP contribution in [0.3, 0.4) is 0 Å². The lowest BCUT2D eigenvalue weighted by atomic mass is 9.97. The molecule has 138 valence electrons. The van der Waals surface area contributed by atoms with Gasteiger partial charge >= 0.3 is 0 Å². The first-order valence-corrected chi connectivity index (χ1v) is 9.02. The van der Waals surface area contributed by atoms with Crippen molar-refractivity contribution in [3.63, 3.8) is 0 Å². The van der Waals surface area contributed by atoms with Gasteiger partial charge in [0, 0.05) is 30.3 Å². The molecule has 0 radical (unpaired) electrons. The minimum Gasteiger partial charge on any atom is -0.399 e. The Bertz CT molecular complexity index is 858. The zero-order valence-electron chi connectivity index (χ0n) is 14.1. The van der Waals surface area contributed by atoms with Crippen LogP contribution in [0.25, 0.3) is 10.2 Å². The topological polar surface area (TPSA) is 59.2 Å². The predicted octanol–water partition coefficient (Wildman–Crippen LogP) is 4.74. The number of likely N-dealkylation sites (tertiary alicyclic amines) is 1. The van der Waals surface area contributed by atoms with Crippen molar-refractivity contribution >= 4 is 58.0 Å². The third-order valence-electron chi connectivity index (χ3n) is 4.58. The van der Waals surface area contributed by atoms with E-state index in [0.29, 0.717) is 17.2 Å². The maximum Gasteiger partial charge on any atom is 0.253 e. The number of carbonyl (C=O) groups excluding carboxylic acids is 1. The maximum atomic E-state index is 12.6. The van der Waals surface area contributed by atoms with E-state index in [9.17, 15) is 4.79 Å². The molecule has 4 nitrogen and oxygen atoms in total. The van der Waals surface area contributed by atoms with Crippen molar-refractivity contribution in [2.45, 2.75) is 18.8 Å². The van der Waals surface area contributed by atoms with Gasteiger partial charge in [0.1, 0.15) is 0 Å². The molecule has 1 saturated heterocycles. The quantitative estimate of drug-likeness (QED) is 0.621. The molecule has 0 aliphatic carbocycles. The van der Waals surface area contributed by atoms with Crippen molar-refractivity contribution in [1.29, 1.82) is 0 Å². The molecule has 0 spiro atoms. The Morgan fingerprint density at radius 2 is 1.81 bits per heavy atom. The van der Waals surface area contributed by atoms with Crippen LogP contribution >= 0.6 is 36.2 Å². The van der Waals surface area contributed by atoms with Crippen molar-refractivity contribution in [3.05, 3.63) is 59.1 Å². The lowest BCUT2D eigenvalue weighted by Crippen LogP contribution is -2.37. The Hall–Kier alpha value is -1.82. The Morgan fingerprint density at radius 3 is 2.50 bits per heavy atom. The fourth-order valence-corrected chi connectivity index (χ4v) is 4.38. The summed E-state index contributed by atoms with van der Waals surface area (Å²) in [6.45, 7) is 1.54. The minimum absolute atomic E-state index is 0. The fourth-order valence-electron chi connectivity index (χ4n) is 3.25. The summed E-state index contributed by atoms with van der Waals surface area (Å²) in [5.74, 6) is 0.525. The van der Waals surface area contributed by atoms with Crippen LogP contribution in [-0.2, 0) is 0 Å². The molecule has 0 saturated carbocycles. The number of benzene rings is 2. The van der Waals surface area contributed by atoms with Gasteiger partial charge in [0.25, 0.3) is 5.91 Å². The molecule has 0 unspecified atom stereocenters. The van der Waals surface area contributed by atoms with E-state index in [1.165, 1.54) is 9.71 Å². The summed E-state index contributed by atoms with van der Waals surface area (Å²) in [4.78, 5) is 19.3. The first-order valence-electron chi connectivity index (χ1n) is 8.21. The summed E-state index contributed by atoms with van der Waals surface area (Å²) in [6.07, 6.45) is 1.93. The van der Waals surface area contributed by atoms with Crippen LogP contribution in [0.2, 0.25) is 0 Å². The second-order valence-electron chi connectivity index (χ2n) is 6.21. The van der Waals surface area contributed by atoms with Crippen LogP contribution in [0.4, 0.5) is 5.69 Å². The SMILES string of the molecule is Cl.Cl.Nc1cccc(C(=O)N2CCC(c3nc4ccccc4s3)CC2)c1. The van der Waals surface area contributed by atoms with Crippen LogP contribution < -0.4 is 5.73 Å². The number of hydrogen-bond donors (Lipinski definition) is 1. The molecule has 2 aromatic carbocycles. The number of rotatable bonds is 2. The van der Waals surface area contributed by atoms with Crippen molar-refractivity contribution in [3.8, 4) is 0 Å². The van der Waals surface area contributed by atoms with Gasteiger partial charge in [-0.15, -0.1) is 36.2 Å². The van der Waals surface area contributed by atoms with E-state index in [0.717, 1.165) is 31.4 Å². The van der Waals surface area contributed by atoms with Gasteiger partial charge in [-0.1, -0.05) is 18.2 Å². The van der Waals surface area contributed by atoms with Crippen molar-refractivity contribution in [1.82, 2.24) is 9.88 Å². The summed E-state index contributed by atoms with van der Waals surface area (Å²) in [5.41, 5.74) is 8.17. The number of fused-ring (bicyclic) bond motifs is 1. The highest BCUT2D eigenvalue weighted by molar-refractivity contribution is 7.18. The van der Waals surface area contributed by atoms with Gasteiger partial charge in [0.05, 0.1) is 15.2 Å². The number of nitrogen functional groups attached to an aromatic ring is 1. The molecule has 26 heavy (non-hydrogen) atoms. The highest BCUT2D eigenvalue weighted by atomic mass is 35.5. The number of carbonyl (C=O) groups is 1. The number of aromatic nitrogens is 1. The van der Waals surface area contributed by atoms with E-state index < -0.39 is 0 Å². The van der Waals surface area contributed by atoms with Gasteiger partial charge in [-0.25, -0.2) is 4.98 Å². The van der Waals surface area contributed by atoms with Crippen LogP contribution in [0, 0.1) is 0 Å². The van der Waals surface area contributed by atoms with E-state index in [4.69, 9.17) is 10.7 Å². The molecule has 1 fully saturated rings. The average Bonchev–Trinajstić information content (AvgIpc) is 3.05. The molecule has 0 atom stereocenters. The van der Waals surface area contributed by atoms with Gasteiger partial charge in [0.2, 0.25) is 0 Å². The lowest BCUT2D eigenvalue weighted by molar-refractivity contribution is 0.0713. The number of nitrogens with two attached hydrogens (primary N) is 1. The third kappa shape index (κ3) is 4.11. The molecule has 3 aromatic rings. The normalized spacial score (nSPS) is 14.5. The second kappa shape index (κ2) is 8.71. The number of anilines is 1.